The summed E-state index contributed by atoms with van der Waals surface area (Å²) < 4.78 is 6.24. The summed E-state index contributed by atoms with van der Waals surface area (Å²) in [7, 11) is 0. The second-order valence-electron chi connectivity index (χ2n) is 5.05. The Morgan fingerprint density at radius 1 is 1.20 bits per heavy atom. The molecule has 0 atom stereocenters. The molecule has 0 fully saturated rings. The predicted molar refractivity (Wildman–Crippen MR) is 86.4 cm³/mol. The minimum absolute atomic E-state index is 0.275. The van der Waals surface area contributed by atoms with Gasteiger partial charge >= 0.3 is 5.97 Å². The number of hydrogen-bond donors (Lipinski definition) is 0. The van der Waals surface area contributed by atoms with E-state index in [-0.39, 0.29) is 5.97 Å². The Labute approximate surface area is 129 Å². The van der Waals surface area contributed by atoms with E-state index in [0.29, 0.717) is 6.61 Å². The van der Waals surface area contributed by atoms with Crippen molar-refractivity contribution < 1.29 is 9.53 Å². The molecule has 0 N–H and O–H groups in total. The highest BCUT2D eigenvalue weighted by Gasteiger charge is 2.01. The van der Waals surface area contributed by atoms with Gasteiger partial charge in [0.25, 0.3) is 0 Å². The number of esters is 1. The Morgan fingerprint density at radius 2 is 1.85 bits per heavy atom. The van der Waals surface area contributed by atoms with Crippen LogP contribution in [0.2, 0.25) is 0 Å². The van der Waals surface area contributed by atoms with Gasteiger partial charge in [0, 0.05) is 10.5 Å². The van der Waals surface area contributed by atoms with Gasteiger partial charge < -0.3 is 4.74 Å². The molecule has 0 bridgehead atoms. The fourth-order valence-electron chi connectivity index (χ4n) is 1.64. The molecule has 0 aliphatic rings. The van der Waals surface area contributed by atoms with Gasteiger partial charge in [0.15, 0.2) is 0 Å². The summed E-state index contributed by atoms with van der Waals surface area (Å²) in [5.41, 5.74) is 3.33. The van der Waals surface area contributed by atoms with E-state index < -0.39 is 0 Å². The van der Waals surface area contributed by atoms with Gasteiger partial charge in [-0.1, -0.05) is 45.3 Å². The first-order valence-electron chi connectivity index (χ1n) is 6.69. The summed E-state index contributed by atoms with van der Waals surface area (Å²) in [6.07, 6.45) is 5.60. The second-order valence-corrected chi connectivity index (χ2v) is 5.96. The lowest BCUT2D eigenvalue weighted by Crippen LogP contribution is -2.01. The Morgan fingerprint density at radius 3 is 2.45 bits per heavy atom. The second kappa shape index (κ2) is 8.75. The summed E-state index contributed by atoms with van der Waals surface area (Å²) in [5.74, 6) is -0.275. The van der Waals surface area contributed by atoms with Crippen LogP contribution >= 0.6 is 15.9 Å². The monoisotopic (exact) mass is 336 g/mol. The molecule has 2 nitrogen and oxygen atoms in total. The molecule has 108 valence electrons. The standard InChI is InChI=1S/C17H21BrO2/c1-13(2)5-4-6-14(3)11-17(19)20-12-15-7-9-16(18)10-8-15/h5,7-11H,4,6,12H2,1-3H3/b14-11+. The number of ether oxygens (including phenoxy) is 1. The Bertz CT molecular complexity index is 494. The van der Waals surface area contributed by atoms with Crippen molar-refractivity contribution in [1.29, 1.82) is 0 Å². The molecule has 1 aromatic rings. The van der Waals surface area contributed by atoms with Crippen LogP contribution in [0.1, 0.15) is 39.2 Å². The summed E-state index contributed by atoms with van der Waals surface area (Å²) in [6.45, 7) is 6.42. The smallest absolute Gasteiger partial charge is 0.331 e. The van der Waals surface area contributed by atoms with Crippen molar-refractivity contribution in [3.8, 4) is 0 Å². The van der Waals surface area contributed by atoms with Crippen molar-refractivity contribution in [2.24, 2.45) is 0 Å². The zero-order valence-electron chi connectivity index (χ0n) is 12.3. The first kappa shape index (κ1) is 16.7. The van der Waals surface area contributed by atoms with Crippen molar-refractivity contribution in [2.45, 2.75) is 40.2 Å². The lowest BCUT2D eigenvalue weighted by atomic mass is 10.1. The molecule has 0 spiro atoms. The van der Waals surface area contributed by atoms with Crippen LogP contribution in [0.3, 0.4) is 0 Å². The Kier molecular flexibility index (Phi) is 7.31. The molecule has 0 aliphatic heterocycles. The molecule has 3 heteroatoms. The van der Waals surface area contributed by atoms with Gasteiger partial charge in [-0.05, 0) is 51.3 Å². The topological polar surface area (TPSA) is 26.3 Å². The van der Waals surface area contributed by atoms with Gasteiger partial charge in [-0.2, -0.15) is 0 Å². The fourth-order valence-corrected chi connectivity index (χ4v) is 1.90. The molecule has 1 aromatic carbocycles. The van der Waals surface area contributed by atoms with Gasteiger partial charge in [-0.3, -0.25) is 0 Å². The van der Waals surface area contributed by atoms with Gasteiger partial charge in [0.1, 0.15) is 6.61 Å². The van der Waals surface area contributed by atoms with Crippen LogP contribution in [0.25, 0.3) is 0 Å². The zero-order chi connectivity index (χ0) is 15.0. The average Bonchev–Trinajstić information content (AvgIpc) is 2.37. The molecule has 1 rings (SSSR count). The summed E-state index contributed by atoms with van der Waals surface area (Å²) in [5, 5.41) is 0. The SMILES string of the molecule is CC(C)=CCC/C(C)=C/C(=O)OCc1ccc(Br)cc1. The van der Waals surface area contributed by atoms with E-state index >= 15 is 0 Å². The van der Waals surface area contributed by atoms with E-state index in [1.165, 1.54) is 5.57 Å². The largest absolute Gasteiger partial charge is 0.458 e. The average molecular weight is 337 g/mol. The molecule has 0 radical (unpaired) electrons. The molecule has 0 saturated heterocycles. The minimum Gasteiger partial charge on any atom is -0.458 e. The maximum absolute atomic E-state index is 11.7. The molecule has 0 aliphatic carbocycles. The number of carbonyl (C=O) groups excluding carboxylic acids is 1. The predicted octanol–water partition coefficient (Wildman–Crippen LogP) is 5.19. The molecule has 20 heavy (non-hydrogen) atoms. The summed E-state index contributed by atoms with van der Waals surface area (Å²) in [4.78, 5) is 11.7. The molecule has 0 unspecified atom stereocenters. The van der Waals surface area contributed by atoms with E-state index in [9.17, 15) is 4.79 Å². The van der Waals surface area contributed by atoms with E-state index in [1.54, 1.807) is 6.08 Å². The Hall–Kier alpha value is -1.35. The van der Waals surface area contributed by atoms with E-state index in [0.717, 1.165) is 28.5 Å². The van der Waals surface area contributed by atoms with Gasteiger partial charge in [-0.15, -0.1) is 0 Å². The highest BCUT2D eigenvalue weighted by Crippen LogP contribution is 2.12. The van der Waals surface area contributed by atoms with Crippen molar-refractivity contribution >= 4 is 21.9 Å². The molecule has 0 aromatic heterocycles. The van der Waals surface area contributed by atoms with Gasteiger partial charge in [0.05, 0.1) is 0 Å². The van der Waals surface area contributed by atoms with Crippen molar-refractivity contribution in [3.05, 3.63) is 57.6 Å². The van der Waals surface area contributed by atoms with E-state index in [2.05, 4.69) is 35.9 Å². The number of halogens is 1. The quantitative estimate of drug-likeness (QED) is 0.406. The van der Waals surface area contributed by atoms with E-state index in [4.69, 9.17) is 4.74 Å². The molecule has 0 heterocycles. The first-order valence-corrected chi connectivity index (χ1v) is 7.48. The third-order valence-corrected chi connectivity index (χ3v) is 3.28. The lowest BCUT2D eigenvalue weighted by molar-refractivity contribution is -0.139. The van der Waals surface area contributed by atoms with Gasteiger partial charge in [-0.25, -0.2) is 4.79 Å². The Balaban J connectivity index is 2.38. The normalized spacial score (nSPS) is 11.1. The minimum atomic E-state index is -0.275. The third kappa shape index (κ3) is 7.29. The van der Waals surface area contributed by atoms with Crippen molar-refractivity contribution in [3.63, 3.8) is 0 Å². The van der Waals surface area contributed by atoms with Crippen molar-refractivity contribution in [2.75, 3.05) is 0 Å². The summed E-state index contributed by atoms with van der Waals surface area (Å²) >= 11 is 3.37. The third-order valence-electron chi connectivity index (χ3n) is 2.75. The maximum atomic E-state index is 11.7. The molecule has 0 amide bonds. The first-order chi connectivity index (χ1) is 9.47. The number of hydrogen-bond acceptors (Lipinski definition) is 2. The number of benzene rings is 1. The van der Waals surface area contributed by atoms with Crippen molar-refractivity contribution in [1.82, 2.24) is 0 Å². The molecular weight excluding hydrogens is 316 g/mol. The number of carbonyl (C=O) groups is 1. The van der Waals surface area contributed by atoms with Crippen LogP contribution in [0, 0.1) is 0 Å². The van der Waals surface area contributed by atoms with Crippen LogP contribution in [0.15, 0.2) is 52.0 Å². The van der Waals surface area contributed by atoms with Crippen LogP contribution < -0.4 is 0 Å². The number of rotatable bonds is 6. The van der Waals surface area contributed by atoms with E-state index in [1.807, 2.05) is 31.2 Å². The van der Waals surface area contributed by atoms with Crippen LogP contribution in [0.4, 0.5) is 0 Å². The van der Waals surface area contributed by atoms with Crippen LogP contribution in [0.5, 0.6) is 0 Å². The highest BCUT2D eigenvalue weighted by molar-refractivity contribution is 9.10. The summed E-state index contributed by atoms with van der Waals surface area (Å²) in [6, 6.07) is 7.73. The maximum Gasteiger partial charge on any atom is 0.331 e. The van der Waals surface area contributed by atoms with Gasteiger partial charge in [0.2, 0.25) is 0 Å². The zero-order valence-corrected chi connectivity index (χ0v) is 13.9. The van der Waals surface area contributed by atoms with Crippen LogP contribution in [-0.4, -0.2) is 5.97 Å². The molecule has 0 saturated carbocycles. The molecular formula is C17H21BrO2. The number of allylic oxidation sites excluding steroid dienone is 3. The highest BCUT2D eigenvalue weighted by atomic mass is 79.9. The fraction of sp³-hybridized carbons (Fsp3) is 0.353. The lowest BCUT2D eigenvalue weighted by Gasteiger charge is -2.04. The van der Waals surface area contributed by atoms with Crippen LogP contribution in [-0.2, 0) is 16.1 Å².